The highest BCUT2D eigenvalue weighted by Crippen LogP contribution is 2.27. The molecule has 3 amide bonds. The van der Waals surface area contributed by atoms with Crippen LogP contribution in [0.15, 0.2) is 102 Å². The molecule has 0 aliphatic carbocycles. The lowest BCUT2D eigenvalue weighted by atomic mass is 10.1. The predicted molar refractivity (Wildman–Crippen MR) is 158 cm³/mol. The average molecular weight is 580 g/mol. The summed E-state index contributed by atoms with van der Waals surface area (Å²) in [6.45, 7) is 0.296. The quantitative estimate of drug-likeness (QED) is 0.286. The third-order valence-electron chi connectivity index (χ3n) is 7.25. The van der Waals surface area contributed by atoms with E-state index in [0.29, 0.717) is 28.9 Å². The molecule has 6 rings (SSSR count). The first-order valence-corrected chi connectivity index (χ1v) is 14.5. The number of nitrogens with one attached hydrogen (secondary N) is 1. The van der Waals surface area contributed by atoms with Gasteiger partial charge in [-0.3, -0.25) is 28.3 Å². The summed E-state index contributed by atoms with van der Waals surface area (Å²) in [5.74, 6) is -1.28. The molecule has 0 radical (unpaired) electrons. The topological polar surface area (TPSA) is 122 Å². The lowest BCUT2D eigenvalue weighted by molar-refractivity contribution is 0.0692. The fourth-order valence-corrected chi connectivity index (χ4v) is 6.12. The van der Waals surface area contributed by atoms with Gasteiger partial charge in [0, 0.05) is 25.2 Å². The van der Waals surface area contributed by atoms with Crippen LogP contribution in [0.2, 0.25) is 0 Å². The molecule has 0 saturated heterocycles. The highest BCUT2D eigenvalue weighted by atomic mass is 32.2. The summed E-state index contributed by atoms with van der Waals surface area (Å²) in [7, 11) is -0.824. The van der Waals surface area contributed by atoms with E-state index in [1.54, 1.807) is 65.3 Å². The second kappa shape index (κ2) is 10.3. The average Bonchev–Trinajstić information content (AvgIpc) is 3.48. The molecule has 0 bridgehead atoms. The Bertz CT molecular complexity index is 1990. The minimum absolute atomic E-state index is 0.156. The van der Waals surface area contributed by atoms with Gasteiger partial charge in [-0.15, -0.1) is 0 Å². The standard InChI is InChI=1S/C31H25N5O5S/c1-34-30(38)24-17-14-21(18-26(24)31(34)39)32-29(37)28-25-10-6-7-11-27(25)36(33-28)19-20-12-15-23(16-13-20)42(40,41)35(2)22-8-4-3-5-9-22/h3-18H,19H2,1-2H3,(H,32,37). The molecule has 2 heterocycles. The monoisotopic (exact) mass is 579 g/mol. The molecule has 1 aliphatic heterocycles. The number of carbonyl (C=O) groups is 3. The fraction of sp³-hybridized carbons (Fsp3) is 0.0968. The van der Waals surface area contributed by atoms with Gasteiger partial charge in [0.25, 0.3) is 27.7 Å². The number of fused-ring (bicyclic) bond motifs is 2. The molecule has 0 saturated carbocycles. The molecule has 1 aromatic heterocycles. The van der Waals surface area contributed by atoms with Gasteiger partial charge in [0.1, 0.15) is 0 Å². The first-order chi connectivity index (χ1) is 20.1. The van der Waals surface area contributed by atoms with E-state index in [2.05, 4.69) is 10.4 Å². The molecule has 10 nitrogen and oxygen atoms in total. The molecule has 0 fully saturated rings. The molecule has 42 heavy (non-hydrogen) atoms. The molecule has 1 aliphatic rings. The minimum atomic E-state index is -3.75. The second-order valence-corrected chi connectivity index (χ2v) is 11.8. The number of hydrogen-bond acceptors (Lipinski definition) is 6. The van der Waals surface area contributed by atoms with E-state index in [1.165, 1.54) is 30.5 Å². The van der Waals surface area contributed by atoms with Gasteiger partial charge in [-0.25, -0.2) is 8.42 Å². The van der Waals surface area contributed by atoms with Crippen molar-refractivity contribution in [1.29, 1.82) is 0 Å². The Morgan fingerprint density at radius 1 is 0.857 bits per heavy atom. The second-order valence-electron chi connectivity index (χ2n) is 9.86. The van der Waals surface area contributed by atoms with Gasteiger partial charge in [-0.05, 0) is 54.1 Å². The summed E-state index contributed by atoms with van der Waals surface area (Å²) in [4.78, 5) is 39.1. The van der Waals surface area contributed by atoms with E-state index in [-0.39, 0.29) is 22.1 Å². The summed E-state index contributed by atoms with van der Waals surface area (Å²) in [6.07, 6.45) is 0. The SMILES string of the molecule is CN1C(=O)c2ccc(NC(=O)c3nn(Cc4ccc(S(=O)(=O)N(C)c5ccccc5)cc4)c4ccccc34)cc2C1=O. The smallest absolute Gasteiger partial charge is 0.276 e. The molecule has 0 atom stereocenters. The number of carbonyl (C=O) groups excluding carboxylic acids is 3. The Morgan fingerprint density at radius 2 is 1.52 bits per heavy atom. The van der Waals surface area contributed by atoms with Crippen LogP contribution in [0.3, 0.4) is 0 Å². The number of imide groups is 1. The van der Waals surface area contributed by atoms with Gasteiger partial charge in [0.15, 0.2) is 5.69 Å². The Balaban J connectivity index is 1.24. The molecular formula is C31H25N5O5S. The van der Waals surface area contributed by atoms with E-state index in [4.69, 9.17) is 0 Å². The molecule has 0 unspecified atom stereocenters. The molecule has 5 aromatic rings. The number of amides is 3. The van der Waals surface area contributed by atoms with Gasteiger partial charge in [-0.2, -0.15) is 5.10 Å². The zero-order valence-corrected chi connectivity index (χ0v) is 23.5. The van der Waals surface area contributed by atoms with E-state index < -0.39 is 21.8 Å². The lowest BCUT2D eigenvalue weighted by Crippen LogP contribution is -2.26. The molecular weight excluding hydrogens is 554 g/mol. The molecule has 4 aromatic carbocycles. The third kappa shape index (κ3) is 4.59. The summed E-state index contributed by atoms with van der Waals surface area (Å²) in [5, 5.41) is 8.00. The van der Waals surface area contributed by atoms with Crippen LogP contribution in [0, 0.1) is 0 Å². The summed E-state index contributed by atoms with van der Waals surface area (Å²) in [6, 6.07) is 27.3. The number of benzene rings is 4. The maximum Gasteiger partial charge on any atom is 0.276 e. The molecule has 210 valence electrons. The van der Waals surface area contributed by atoms with Crippen molar-refractivity contribution in [3.05, 3.63) is 119 Å². The Morgan fingerprint density at radius 3 is 2.26 bits per heavy atom. The zero-order chi connectivity index (χ0) is 29.6. The highest BCUT2D eigenvalue weighted by Gasteiger charge is 2.33. The summed E-state index contributed by atoms with van der Waals surface area (Å²) in [5.41, 5.74) is 3.15. The lowest BCUT2D eigenvalue weighted by Gasteiger charge is -2.19. The Hall–Kier alpha value is -5.29. The molecule has 0 spiro atoms. The van der Waals surface area contributed by atoms with Crippen LogP contribution in [0.4, 0.5) is 11.4 Å². The van der Waals surface area contributed by atoms with Gasteiger partial charge < -0.3 is 5.32 Å². The number of rotatable bonds is 7. The van der Waals surface area contributed by atoms with Gasteiger partial charge >= 0.3 is 0 Å². The van der Waals surface area contributed by atoms with Crippen LogP contribution in [0.25, 0.3) is 10.9 Å². The number of para-hydroxylation sites is 2. The van der Waals surface area contributed by atoms with Crippen molar-refractivity contribution >= 4 is 50.0 Å². The summed E-state index contributed by atoms with van der Waals surface area (Å²) >= 11 is 0. The van der Waals surface area contributed by atoms with E-state index >= 15 is 0 Å². The van der Waals surface area contributed by atoms with Crippen molar-refractivity contribution in [2.24, 2.45) is 0 Å². The van der Waals surface area contributed by atoms with E-state index in [0.717, 1.165) is 16.0 Å². The van der Waals surface area contributed by atoms with Gasteiger partial charge in [0.05, 0.1) is 33.8 Å². The van der Waals surface area contributed by atoms with Crippen LogP contribution in [-0.2, 0) is 16.6 Å². The number of nitrogens with zero attached hydrogens (tertiary/aromatic N) is 4. The molecule has 1 N–H and O–H groups in total. The van der Waals surface area contributed by atoms with Crippen LogP contribution in [0.1, 0.15) is 36.8 Å². The third-order valence-corrected chi connectivity index (χ3v) is 9.05. The Kier molecular flexibility index (Phi) is 6.58. The number of sulfonamides is 1. The van der Waals surface area contributed by atoms with Crippen molar-refractivity contribution < 1.29 is 22.8 Å². The van der Waals surface area contributed by atoms with E-state index in [1.807, 2.05) is 24.3 Å². The highest BCUT2D eigenvalue weighted by molar-refractivity contribution is 7.92. The maximum atomic E-state index is 13.3. The van der Waals surface area contributed by atoms with Crippen LogP contribution in [0.5, 0.6) is 0 Å². The van der Waals surface area contributed by atoms with Crippen molar-refractivity contribution in [3.63, 3.8) is 0 Å². The number of hydrogen-bond donors (Lipinski definition) is 1. The minimum Gasteiger partial charge on any atom is -0.321 e. The Labute approximate surface area is 241 Å². The van der Waals surface area contributed by atoms with E-state index in [9.17, 15) is 22.8 Å². The van der Waals surface area contributed by atoms with Gasteiger partial charge in [-0.1, -0.05) is 48.5 Å². The normalized spacial score (nSPS) is 13.0. The van der Waals surface area contributed by atoms with Crippen LogP contribution < -0.4 is 9.62 Å². The van der Waals surface area contributed by atoms with Crippen LogP contribution in [-0.4, -0.2) is 54.9 Å². The predicted octanol–water partition coefficient (Wildman–Crippen LogP) is 4.39. The van der Waals surface area contributed by atoms with Crippen LogP contribution >= 0.6 is 0 Å². The van der Waals surface area contributed by atoms with Crippen molar-refractivity contribution in [1.82, 2.24) is 14.7 Å². The van der Waals surface area contributed by atoms with Crippen molar-refractivity contribution in [2.75, 3.05) is 23.7 Å². The summed E-state index contributed by atoms with van der Waals surface area (Å²) < 4.78 is 29.2. The van der Waals surface area contributed by atoms with Crippen molar-refractivity contribution in [3.8, 4) is 0 Å². The first-order valence-electron chi connectivity index (χ1n) is 13.0. The maximum absolute atomic E-state index is 13.3. The van der Waals surface area contributed by atoms with Gasteiger partial charge in [0.2, 0.25) is 0 Å². The number of anilines is 2. The molecule has 11 heteroatoms. The first kappa shape index (κ1) is 26.9. The zero-order valence-electron chi connectivity index (χ0n) is 22.7. The fourth-order valence-electron chi connectivity index (χ4n) is 4.92. The largest absolute Gasteiger partial charge is 0.321 e. The number of aromatic nitrogens is 2. The van der Waals surface area contributed by atoms with Crippen molar-refractivity contribution in [2.45, 2.75) is 11.4 Å².